The summed E-state index contributed by atoms with van der Waals surface area (Å²) in [5.74, 6) is 2.41. The normalized spacial score (nSPS) is 19.7. The lowest BCUT2D eigenvalue weighted by molar-refractivity contribution is 0.244. The van der Waals surface area contributed by atoms with Crippen molar-refractivity contribution >= 4 is 11.7 Å². The quantitative estimate of drug-likeness (QED) is 0.914. The molecule has 0 fully saturated rings. The van der Waals surface area contributed by atoms with Gasteiger partial charge in [-0.3, -0.25) is 4.90 Å². The molecule has 2 amide bonds. The first-order valence-corrected chi connectivity index (χ1v) is 9.29. The number of benzene rings is 1. The Morgan fingerprint density at radius 2 is 2.08 bits per heavy atom. The minimum atomic E-state index is -0.0506. The number of aromatic nitrogens is 3. The van der Waals surface area contributed by atoms with E-state index in [1.165, 1.54) is 18.4 Å². The Labute approximate surface area is 148 Å². The van der Waals surface area contributed by atoms with E-state index in [4.69, 9.17) is 0 Å². The molecule has 0 bridgehead atoms. The van der Waals surface area contributed by atoms with Crippen LogP contribution in [-0.2, 0) is 19.5 Å². The third-order valence-electron chi connectivity index (χ3n) is 5.37. The van der Waals surface area contributed by atoms with Gasteiger partial charge < -0.3 is 9.88 Å². The predicted octanol–water partition coefficient (Wildman–Crippen LogP) is 3.23. The van der Waals surface area contributed by atoms with E-state index in [1.807, 2.05) is 23.1 Å². The maximum absolute atomic E-state index is 12.8. The molecule has 6 nitrogen and oxygen atoms in total. The summed E-state index contributed by atoms with van der Waals surface area (Å²) in [5, 5.41) is 11.6. The summed E-state index contributed by atoms with van der Waals surface area (Å²) in [6, 6.07) is 8.15. The molecule has 1 N–H and O–H groups in total. The molecule has 4 rings (SSSR count). The van der Waals surface area contributed by atoms with E-state index in [-0.39, 0.29) is 6.03 Å². The largest absolute Gasteiger partial charge is 0.330 e. The van der Waals surface area contributed by atoms with Crippen molar-refractivity contribution in [1.82, 2.24) is 20.1 Å². The number of carbonyl (C=O) groups excluding carboxylic acids is 1. The number of nitrogens with zero attached hydrogens (tertiary/aromatic N) is 4. The summed E-state index contributed by atoms with van der Waals surface area (Å²) < 4.78 is 2.18. The zero-order valence-corrected chi connectivity index (χ0v) is 14.7. The van der Waals surface area contributed by atoms with Crippen molar-refractivity contribution in [1.29, 1.82) is 0 Å². The molecule has 0 unspecified atom stereocenters. The van der Waals surface area contributed by atoms with E-state index in [2.05, 4.69) is 33.1 Å². The van der Waals surface area contributed by atoms with E-state index >= 15 is 0 Å². The number of fused-ring (bicyclic) bond motifs is 2. The third kappa shape index (κ3) is 3.13. The Hall–Kier alpha value is -2.37. The molecular formula is C19H25N5O. The van der Waals surface area contributed by atoms with Crippen molar-refractivity contribution in [2.45, 2.75) is 58.0 Å². The predicted molar refractivity (Wildman–Crippen MR) is 96.6 cm³/mol. The van der Waals surface area contributed by atoms with Crippen LogP contribution in [0.5, 0.6) is 0 Å². The van der Waals surface area contributed by atoms with Crippen molar-refractivity contribution in [3.8, 4) is 0 Å². The number of aryl methyl sites for hydroxylation is 1. The first-order chi connectivity index (χ1) is 12.2. The van der Waals surface area contributed by atoms with E-state index in [0.717, 1.165) is 49.7 Å². The van der Waals surface area contributed by atoms with Crippen LogP contribution in [0.2, 0.25) is 0 Å². The number of urea groups is 1. The molecule has 2 aliphatic heterocycles. The lowest BCUT2D eigenvalue weighted by Gasteiger charge is -2.32. The first kappa shape index (κ1) is 16.1. The Kier molecular flexibility index (Phi) is 4.42. The lowest BCUT2D eigenvalue weighted by atomic mass is 9.92. The zero-order valence-electron chi connectivity index (χ0n) is 14.7. The van der Waals surface area contributed by atoms with Crippen LogP contribution in [-0.4, -0.2) is 27.3 Å². The van der Waals surface area contributed by atoms with E-state index in [0.29, 0.717) is 12.5 Å². The number of hydrogen-bond acceptors (Lipinski definition) is 3. The monoisotopic (exact) mass is 339 g/mol. The van der Waals surface area contributed by atoms with Crippen LogP contribution < -0.4 is 10.2 Å². The average Bonchev–Trinajstić information content (AvgIpc) is 2.86. The zero-order chi connectivity index (χ0) is 17.2. The van der Waals surface area contributed by atoms with Crippen LogP contribution in [0.25, 0.3) is 0 Å². The van der Waals surface area contributed by atoms with Gasteiger partial charge in [0.2, 0.25) is 0 Å². The highest BCUT2D eigenvalue weighted by Gasteiger charge is 2.26. The molecule has 0 aliphatic carbocycles. The number of nitrogens with one attached hydrogen (secondary N) is 1. The van der Waals surface area contributed by atoms with E-state index < -0.39 is 0 Å². The maximum Gasteiger partial charge on any atom is 0.322 e. The van der Waals surface area contributed by atoms with Crippen molar-refractivity contribution in [3.05, 3.63) is 41.5 Å². The molecule has 0 spiro atoms. The third-order valence-corrected chi connectivity index (χ3v) is 5.37. The molecule has 2 aliphatic rings. The van der Waals surface area contributed by atoms with Crippen LogP contribution in [0.1, 0.15) is 55.7 Å². The van der Waals surface area contributed by atoms with Gasteiger partial charge in [-0.2, -0.15) is 0 Å². The van der Waals surface area contributed by atoms with Crippen molar-refractivity contribution < 1.29 is 4.79 Å². The summed E-state index contributed by atoms with van der Waals surface area (Å²) in [6.07, 6.45) is 5.54. The van der Waals surface area contributed by atoms with E-state index in [1.54, 1.807) is 0 Å². The highest BCUT2D eigenvalue weighted by atomic mass is 16.2. The highest BCUT2D eigenvalue weighted by molar-refractivity contribution is 5.93. The molecule has 2 aromatic rings. The molecule has 0 radical (unpaired) electrons. The lowest BCUT2D eigenvalue weighted by Crippen LogP contribution is -2.43. The molecule has 0 saturated carbocycles. The van der Waals surface area contributed by atoms with Gasteiger partial charge >= 0.3 is 6.03 Å². The SMILES string of the molecule is C[C@H]1CCN(C(=O)NCc2nnc3n2CCCCC3)c2ccccc21. The first-order valence-electron chi connectivity index (χ1n) is 9.29. The van der Waals surface area contributed by atoms with Crippen LogP contribution in [0.15, 0.2) is 24.3 Å². The molecule has 0 saturated heterocycles. The van der Waals surface area contributed by atoms with Gasteiger partial charge in [-0.15, -0.1) is 10.2 Å². The summed E-state index contributed by atoms with van der Waals surface area (Å²) in [5.41, 5.74) is 2.28. The van der Waals surface area contributed by atoms with Gasteiger partial charge in [0.1, 0.15) is 5.82 Å². The summed E-state index contributed by atoms with van der Waals surface area (Å²) in [6.45, 7) is 4.36. The standard InChI is InChI=1S/C19H25N5O/c1-14-10-12-23(16-8-5-4-7-15(14)16)19(25)20-13-18-22-21-17-9-3-2-6-11-24(17)18/h4-5,7-8,14H,2-3,6,9-13H2,1H3,(H,20,25)/t14-/m0/s1. The van der Waals surface area contributed by atoms with Gasteiger partial charge in [0.05, 0.1) is 6.54 Å². The van der Waals surface area contributed by atoms with Gasteiger partial charge in [0, 0.05) is 25.2 Å². The number of para-hydroxylation sites is 1. The second kappa shape index (κ2) is 6.86. The van der Waals surface area contributed by atoms with Crippen LogP contribution in [0.3, 0.4) is 0 Å². The van der Waals surface area contributed by atoms with Crippen LogP contribution in [0, 0.1) is 0 Å². The number of anilines is 1. The fourth-order valence-corrected chi connectivity index (χ4v) is 3.89. The summed E-state index contributed by atoms with van der Waals surface area (Å²) in [7, 11) is 0. The van der Waals surface area contributed by atoms with Crippen LogP contribution >= 0.6 is 0 Å². The Balaban J connectivity index is 1.47. The van der Waals surface area contributed by atoms with Crippen LogP contribution in [0.4, 0.5) is 10.5 Å². The molecular weight excluding hydrogens is 314 g/mol. The molecule has 6 heteroatoms. The smallest absolute Gasteiger partial charge is 0.322 e. The number of rotatable bonds is 2. The van der Waals surface area contributed by atoms with Crippen molar-refractivity contribution in [2.24, 2.45) is 0 Å². The van der Waals surface area contributed by atoms with Gasteiger partial charge in [0.25, 0.3) is 0 Å². The van der Waals surface area contributed by atoms with E-state index in [9.17, 15) is 4.79 Å². The molecule has 1 atom stereocenters. The molecule has 1 aromatic heterocycles. The molecule has 25 heavy (non-hydrogen) atoms. The van der Waals surface area contributed by atoms with Gasteiger partial charge in [-0.25, -0.2) is 4.79 Å². The summed E-state index contributed by atoms with van der Waals surface area (Å²) in [4.78, 5) is 14.6. The fourth-order valence-electron chi connectivity index (χ4n) is 3.89. The average molecular weight is 339 g/mol. The maximum atomic E-state index is 12.8. The topological polar surface area (TPSA) is 63.1 Å². The van der Waals surface area contributed by atoms with Crippen molar-refractivity contribution in [3.63, 3.8) is 0 Å². The second-order valence-electron chi connectivity index (χ2n) is 7.05. The van der Waals surface area contributed by atoms with Gasteiger partial charge in [-0.1, -0.05) is 31.5 Å². The Morgan fingerprint density at radius 3 is 3.00 bits per heavy atom. The van der Waals surface area contributed by atoms with Gasteiger partial charge in [0.15, 0.2) is 5.82 Å². The number of amides is 2. The van der Waals surface area contributed by atoms with Crippen molar-refractivity contribution in [2.75, 3.05) is 11.4 Å². The minimum absolute atomic E-state index is 0.0506. The highest BCUT2D eigenvalue weighted by Crippen LogP contribution is 2.34. The molecule has 132 valence electrons. The molecule has 3 heterocycles. The number of hydrogen-bond donors (Lipinski definition) is 1. The minimum Gasteiger partial charge on any atom is -0.330 e. The number of carbonyl (C=O) groups is 1. The Bertz CT molecular complexity index is 769. The van der Waals surface area contributed by atoms with Gasteiger partial charge in [-0.05, 0) is 36.8 Å². The second-order valence-corrected chi connectivity index (χ2v) is 7.05. The fraction of sp³-hybridized carbons (Fsp3) is 0.526. The Morgan fingerprint density at radius 1 is 1.20 bits per heavy atom. The molecule has 1 aromatic carbocycles. The summed E-state index contributed by atoms with van der Waals surface area (Å²) >= 11 is 0.